The van der Waals surface area contributed by atoms with Crippen LogP contribution in [0.4, 0.5) is 5.69 Å². The first kappa shape index (κ1) is 14.0. The highest BCUT2D eigenvalue weighted by Gasteiger charge is 2.14. The van der Waals surface area contributed by atoms with Gasteiger partial charge in [-0.1, -0.05) is 44.2 Å². The van der Waals surface area contributed by atoms with Gasteiger partial charge in [-0.05, 0) is 42.0 Å². The number of thioether (sulfide) groups is 1. The Morgan fingerprint density at radius 1 is 0.895 bits per heavy atom. The van der Waals surface area contributed by atoms with Crippen LogP contribution in [0.1, 0.15) is 25.5 Å². The molecule has 0 aliphatic rings. The molecule has 2 heteroatoms. The monoisotopic (exact) mass is 271 g/mol. The van der Waals surface area contributed by atoms with Crippen molar-refractivity contribution in [1.29, 1.82) is 0 Å². The third-order valence-electron chi connectivity index (χ3n) is 3.24. The summed E-state index contributed by atoms with van der Waals surface area (Å²) in [5.74, 6) is 0.544. The maximum atomic E-state index is 3.64. The molecule has 0 saturated carbocycles. The summed E-state index contributed by atoms with van der Waals surface area (Å²) >= 11 is 1.77. The minimum Gasteiger partial charge on any atom is -0.378 e. The number of nitrogens with one attached hydrogen (secondary N) is 1. The molecular weight excluding hydrogens is 250 g/mol. The minimum atomic E-state index is 0.348. The first-order valence-electron chi connectivity index (χ1n) is 6.66. The standard InChI is InChI=1S/C17H21NS/c1-13(2)17(14-7-5-4-6-8-14)18-15-9-11-16(19-3)12-10-15/h4-13,17-18H,1-3H3. The van der Waals surface area contributed by atoms with E-state index < -0.39 is 0 Å². The highest BCUT2D eigenvalue weighted by molar-refractivity contribution is 7.98. The van der Waals surface area contributed by atoms with E-state index in [0.717, 1.165) is 0 Å². The zero-order valence-corrected chi connectivity index (χ0v) is 12.6. The molecular formula is C17H21NS. The summed E-state index contributed by atoms with van der Waals surface area (Å²) in [6.45, 7) is 4.50. The van der Waals surface area contributed by atoms with Crippen LogP contribution in [-0.2, 0) is 0 Å². The van der Waals surface area contributed by atoms with Crippen LogP contribution in [0, 0.1) is 5.92 Å². The van der Waals surface area contributed by atoms with Crippen LogP contribution in [0.25, 0.3) is 0 Å². The van der Waals surface area contributed by atoms with E-state index in [4.69, 9.17) is 0 Å². The molecule has 2 aromatic rings. The topological polar surface area (TPSA) is 12.0 Å². The number of anilines is 1. The lowest BCUT2D eigenvalue weighted by Crippen LogP contribution is -2.16. The molecule has 0 heterocycles. The lowest BCUT2D eigenvalue weighted by Gasteiger charge is -2.24. The lowest BCUT2D eigenvalue weighted by atomic mass is 9.96. The van der Waals surface area contributed by atoms with E-state index in [1.165, 1.54) is 16.1 Å². The third-order valence-corrected chi connectivity index (χ3v) is 3.98. The molecule has 19 heavy (non-hydrogen) atoms. The molecule has 1 unspecified atom stereocenters. The second-order valence-corrected chi connectivity index (χ2v) is 5.88. The van der Waals surface area contributed by atoms with Crippen molar-refractivity contribution in [2.45, 2.75) is 24.8 Å². The van der Waals surface area contributed by atoms with Crippen molar-refractivity contribution >= 4 is 17.4 Å². The first-order valence-corrected chi connectivity index (χ1v) is 7.88. The molecule has 0 bridgehead atoms. The summed E-state index contributed by atoms with van der Waals surface area (Å²) in [6, 6.07) is 19.6. The predicted molar refractivity (Wildman–Crippen MR) is 85.9 cm³/mol. The summed E-state index contributed by atoms with van der Waals surface area (Å²) in [5, 5.41) is 3.64. The fourth-order valence-electron chi connectivity index (χ4n) is 2.16. The van der Waals surface area contributed by atoms with Gasteiger partial charge < -0.3 is 5.32 Å². The molecule has 0 saturated heterocycles. The van der Waals surface area contributed by atoms with Crippen LogP contribution >= 0.6 is 11.8 Å². The molecule has 0 radical (unpaired) electrons. The second kappa shape index (κ2) is 6.67. The number of hydrogen-bond acceptors (Lipinski definition) is 2. The normalized spacial score (nSPS) is 12.4. The zero-order chi connectivity index (χ0) is 13.7. The SMILES string of the molecule is CSc1ccc(NC(c2ccccc2)C(C)C)cc1. The van der Waals surface area contributed by atoms with E-state index in [-0.39, 0.29) is 0 Å². The van der Waals surface area contributed by atoms with Crippen molar-refractivity contribution in [1.82, 2.24) is 0 Å². The fourth-order valence-corrected chi connectivity index (χ4v) is 2.57. The third kappa shape index (κ3) is 3.77. The van der Waals surface area contributed by atoms with Gasteiger partial charge in [0.2, 0.25) is 0 Å². The quantitative estimate of drug-likeness (QED) is 0.748. The average molecular weight is 271 g/mol. The van der Waals surface area contributed by atoms with Crippen LogP contribution in [0.2, 0.25) is 0 Å². The number of hydrogen-bond donors (Lipinski definition) is 1. The van der Waals surface area contributed by atoms with Gasteiger partial charge in [-0.3, -0.25) is 0 Å². The number of benzene rings is 2. The maximum Gasteiger partial charge on any atom is 0.0536 e. The molecule has 1 atom stereocenters. The molecule has 1 nitrogen and oxygen atoms in total. The van der Waals surface area contributed by atoms with Gasteiger partial charge in [0.05, 0.1) is 6.04 Å². The fraction of sp³-hybridized carbons (Fsp3) is 0.294. The van der Waals surface area contributed by atoms with Crippen LogP contribution in [-0.4, -0.2) is 6.26 Å². The molecule has 1 N–H and O–H groups in total. The minimum absolute atomic E-state index is 0.348. The second-order valence-electron chi connectivity index (χ2n) is 5.01. The van der Waals surface area contributed by atoms with Gasteiger partial charge in [-0.25, -0.2) is 0 Å². The molecule has 0 aliphatic carbocycles. The predicted octanol–water partition coefficient (Wildman–Crippen LogP) is 5.22. The lowest BCUT2D eigenvalue weighted by molar-refractivity contribution is 0.546. The van der Waals surface area contributed by atoms with Crippen molar-refractivity contribution in [3.05, 3.63) is 60.2 Å². The average Bonchev–Trinajstić information content (AvgIpc) is 2.46. The van der Waals surface area contributed by atoms with Crippen molar-refractivity contribution in [3.8, 4) is 0 Å². The molecule has 0 fully saturated rings. The molecule has 2 aromatic carbocycles. The van der Waals surface area contributed by atoms with Gasteiger partial charge in [-0.15, -0.1) is 11.8 Å². The van der Waals surface area contributed by atoms with Crippen molar-refractivity contribution in [2.24, 2.45) is 5.92 Å². The Labute approximate surface area is 120 Å². The Morgan fingerprint density at radius 3 is 2.05 bits per heavy atom. The highest BCUT2D eigenvalue weighted by Crippen LogP contribution is 2.27. The first-order chi connectivity index (χ1) is 9.20. The van der Waals surface area contributed by atoms with E-state index in [1.807, 2.05) is 0 Å². The zero-order valence-electron chi connectivity index (χ0n) is 11.8. The Bertz CT molecular complexity index is 490. The molecule has 100 valence electrons. The maximum absolute atomic E-state index is 3.64. The van der Waals surface area contributed by atoms with E-state index in [2.05, 4.69) is 80.0 Å². The smallest absolute Gasteiger partial charge is 0.0536 e. The summed E-state index contributed by atoms with van der Waals surface area (Å²) in [6.07, 6.45) is 2.10. The van der Waals surface area contributed by atoms with Crippen LogP contribution < -0.4 is 5.32 Å². The Kier molecular flexibility index (Phi) is 4.92. The molecule has 0 amide bonds. The van der Waals surface area contributed by atoms with E-state index in [0.29, 0.717) is 12.0 Å². The van der Waals surface area contributed by atoms with E-state index in [1.54, 1.807) is 11.8 Å². The van der Waals surface area contributed by atoms with Gasteiger partial charge >= 0.3 is 0 Å². The van der Waals surface area contributed by atoms with Gasteiger partial charge in [0.25, 0.3) is 0 Å². The van der Waals surface area contributed by atoms with Crippen LogP contribution in [0.15, 0.2) is 59.5 Å². The van der Waals surface area contributed by atoms with Gasteiger partial charge in [0.1, 0.15) is 0 Å². The molecule has 2 rings (SSSR count). The largest absolute Gasteiger partial charge is 0.378 e. The van der Waals surface area contributed by atoms with E-state index >= 15 is 0 Å². The van der Waals surface area contributed by atoms with Crippen molar-refractivity contribution < 1.29 is 0 Å². The summed E-state index contributed by atoms with van der Waals surface area (Å²) < 4.78 is 0. The van der Waals surface area contributed by atoms with E-state index in [9.17, 15) is 0 Å². The number of rotatable bonds is 5. The van der Waals surface area contributed by atoms with Gasteiger partial charge in [-0.2, -0.15) is 0 Å². The van der Waals surface area contributed by atoms with Crippen molar-refractivity contribution in [2.75, 3.05) is 11.6 Å². The molecule has 0 aliphatic heterocycles. The summed E-state index contributed by atoms with van der Waals surface area (Å²) in [7, 11) is 0. The summed E-state index contributed by atoms with van der Waals surface area (Å²) in [5.41, 5.74) is 2.52. The van der Waals surface area contributed by atoms with Gasteiger partial charge in [0.15, 0.2) is 0 Å². The molecule has 0 spiro atoms. The summed E-state index contributed by atoms with van der Waals surface area (Å²) in [4.78, 5) is 1.30. The molecule has 0 aromatic heterocycles. The Morgan fingerprint density at radius 2 is 1.53 bits per heavy atom. The Hall–Kier alpha value is -1.41. The van der Waals surface area contributed by atoms with Crippen molar-refractivity contribution in [3.63, 3.8) is 0 Å². The Balaban J connectivity index is 2.17. The van der Waals surface area contributed by atoms with Gasteiger partial charge in [0, 0.05) is 10.6 Å². The highest BCUT2D eigenvalue weighted by atomic mass is 32.2. The van der Waals surface area contributed by atoms with Crippen LogP contribution in [0.3, 0.4) is 0 Å². The van der Waals surface area contributed by atoms with Crippen LogP contribution in [0.5, 0.6) is 0 Å².